The first-order valence-corrected chi connectivity index (χ1v) is 12.2. The number of rotatable bonds is 5. The second-order valence-corrected chi connectivity index (χ2v) is 9.44. The molecule has 1 aliphatic rings. The molecule has 7 heteroatoms. The number of hydrogen-bond donors (Lipinski definition) is 2. The van der Waals surface area contributed by atoms with Crippen molar-refractivity contribution in [2.45, 2.75) is 26.7 Å². The number of hydrogen-bond acceptors (Lipinski definition) is 4. The third-order valence-electron chi connectivity index (χ3n) is 6.00. The lowest BCUT2D eigenvalue weighted by atomic mass is 9.98. The fraction of sp³-hybridized carbons (Fsp3) is 0.259. The van der Waals surface area contributed by atoms with Crippen molar-refractivity contribution in [3.63, 3.8) is 0 Å². The van der Waals surface area contributed by atoms with Gasteiger partial charge in [-0.25, -0.2) is 0 Å². The van der Waals surface area contributed by atoms with Gasteiger partial charge in [0.2, 0.25) is 5.91 Å². The fourth-order valence-electron chi connectivity index (χ4n) is 3.91. The number of halogens is 1. The van der Waals surface area contributed by atoms with Crippen LogP contribution in [0, 0.1) is 12.8 Å². The van der Waals surface area contributed by atoms with E-state index in [2.05, 4.69) is 28.5 Å². The molecule has 0 bridgehead atoms. The monoisotopic (exact) mass is 493 g/mol. The van der Waals surface area contributed by atoms with Gasteiger partial charge in [0.1, 0.15) is 11.5 Å². The van der Waals surface area contributed by atoms with E-state index in [1.807, 2.05) is 49.4 Å². The Morgan fingerprint density at radius 1 is 1.15 bits per heavy atom. The molecule has 5 nitrogen and oxygen atoms in total. The summed E-state index contributed by atoms with van der Waals surface area (Å²) in [5.74, 6) is 1.66. The maximum atomic E-state index is 12.4. The number of thiocarbonyl (C=S) groups is 1. The summed E-state index contributed by atoms with van der Waals surface area (Å²) in [7, 11) is 0. The fourth-order valence-corrected chi connectivity index (χ4v) is 4.30. The van der Waals surface area contributed by atoms with Crippen LogP contribution in [0.15, 0.2) is 65.1 Å². The van der Waals surface area contributed by atoms with E-state index in [0.29, 0.717) is 16.5 Å². The summed E-state index contributed by atoms with van der Waals surface area (Å²) in [4.78, 5) is 14.8. The number of furan rings is 1. The minimum Gasteiger partial charge on any atom is -0.457 e. The lowest BCUT2D eigenvalue weighted by Crippen LogP contribution is -2.35. The number of para-hydroxylation sites is 2. The number of aryl methyl sites for hydroxylation is 1. The molecule has 4 rings (SSSR count). The number of nitrogens with zero attached hydrogens (tertiary/aromatic N) is 1. The maximum absolute atomic E-state index is 12.4. The summed E-state index contributed by atoms with van der Waals surface area (Å²) in [5.41, 5.74) is 3.87. The molecule has 176 valence electrons. The molecule has 2 aromatic carbocycles. The Morgan fingerprint density at radius 2 is 1.91 bits per heavy atom. The first-order chi connectivity index (χ1) is 16.4. The Kier molecular flexibility index (Phi) is 7.70. The van der Waals surface area contributed by atoms with Gasteiger partial charge in [0.05, 0.1) is 11.4 Å². The normalized spacial score (nSPS) is 14.4. The van der Waals surface area contributed by atoms with E-state index in [-0.39, 0.29) is 11.0 Å². The highest BCUT2D eigenvalue weighted by Crippen LogP contribution is 2.30. The van der Waals surface area contributed by atoms with Crippen LogP contribution < -0.4 is 15.5 Å². The zero-order valence-electron chi connectivity index (χ0n) is 19.3. The summed E-state index contributed by atoms with van der Waals surface area (Å²) in [6.45, 7) is 6.28. The molecule has 0 spiro atoms. The Labute approximate surface area is 210 Å². The first kappa shape index (κ1) is 24.0. The second-order valence-electron chi connectivity index (χ2n) is 8.63. The van der Waals surface area contributed by atoms with E-state index in [9.17, 15) is 4.79 Å². The van der Waals surface area contributed by atoms with Crippen molar-refractivity contribution in [2.75, 3.05) is 23.3 Å². The van der Waals surface area contributed by atoms with Crippen molar-refractivity contribution in [1.82, 2.24) is 5.32 Å². The molecule has 3 aromatic rings. The van der Waals surface area contributed by atoms with E-state index in [4.69, 9.17) is 28.2 Å². The molecule has 1 aliphatic heterocycles. The van der Waals surface area contributed by atoms with Crippen molar-refractivity contribution in [3.05, 3.63) is 77.0 Å². The SMILES string of the molecule is Cc1ccc(-c2ccc(/C=C/C(=O)NC(=S)Nc3ccccc3N3CCC(C)CC3)o2)cc1Cl. The summed E-state index contributed by atoms with van der Waals surface area (Å²) in [6.07, 6.45) is 5.36. The van der Waals surface area contributed by atoms with Crippen molar-refractivity contribution in [2.24, 2.45) is 5.92 Å². The lowest BCUT2D eigenvalue weighted by molar-refractivity contribution is -0.115. The van der Waals surface area contributed by atoms with E-state index < -0.39 is 0 Å². The number of piperidine rings is 1. The zero-order valence-corrected chi connectivity index (χ0v) is 20.9. The van der Waals surface area contributed by atoms with Crippen molar-refractivity contribution >= 4 is 52.3 Å². The smallest absolute Gasteiger partial charge is 0.250 e. The summed E-state index contributed by atoms with van der Waals surface area (Å²) in [5, 5.41) is 6.81. The summed E-state index contributed by atoms with van der Waals surface area (Å²) in [6, 6.07) is 17.4. The minimum absolute atomic E-state index is 0.252. The molecule has 0 unspecified atom stereocenters. The third-order valence-corrected chi connectivity index (χ3v) is 6.61. The van der Waals surface area contributed by atoms with Crippen molar-refractivity contribution in [1.29, 1.82) is 0 Å². The van der Waals surface area contributed by atoms with Gasteiger partial charge in [-0.15, -0.1) is 0 Å². The number of nitrogens with one attached hydrogen (secondary N) is 2. The summed E-state index contributed by atoms with van der Waals surface area (Å²) >= 11 is 11.6. The van der Waals surface area contributed by atoms with Gasteiger partial charge in [-0.05, 0) is 79.9 Å². The van der Waals surface area contributed by atoms with Gasteiger partial charge < -0.3 is 14.6 Å². The van der Waals surface area contributed by atoms with Crippen molar-refractivity contribution in [3.8, 4) is 11.3 Å². The standard InChI is InChI=1S/C27H28ClN3O2S/c1-18-13-15-31(16-14-18)24-6-4-3-5-23(24)29-27(34)30-26(32)12-10-21-9-11-25(33-21)20-8-7-19(2)22(28)17-20/h3-12,17-18H,13-16H2,1-2H3,(H2,29,30,32,34)/b12-10+. The van der Waals surface area contributed by atoms with Gasteiger partial charge in [-0.2, -0.15) is 0 Å². The number of benzene rings is 2. The van der Waals surface area contributed by atoms with E-state index in [1.165, 1.54) is 18.9 Å². The molecule has 0 aliphatic carbocycles. The molecule has 1 fully saturated rings. The molecular weight excluding hydrogens is 466 g/mol. The molecule has 1 amide bonds. The van der Waals surface area contributed by atoms with E-state index in [0.717, 1.165) is 41.5 Å². The van der Waals surface area contributed by atoms with E-state index in [1.54, 1.807) is 12.1 Å². The topological polar surface area (TPSA) is 57.5 Å². The highest BCUT2D eigenvalue weighted by atomic mass is 35.5. The molecule has 0 atom stereocenters. The highest BCUT2D eigenvalue weighted by Gasteiger charge is 2.18. The molecule has 34 heavy (non-hydrogen) atoms. The minimum atomic E-state index is -0.335. The van der Waals surface area contributed by atoms with Crippen LogP contribution in [0.3, 0.4) is 0 Å². The maximum Gasteiger partial charge on any atom is 0.250 e. The number of carbonyl (C=O) groups is 1. The van der Waals surface area contributed by atoms with Gasteiger partial charge in [-0.1, -0.05) is 42.8 Å². The Balaban J connectivity index is 1.35. The summed E-state index contributed by atoms with van der Waals surface area (Å²) < 4.78 is 5.83. The van der Waals surface area contributed by atoms with Gasteiger partial charge in [-0.3, -0.25) is 10.1 Å². The molecule has 1 saturated heterocycles. The predicted molar refractivity (Wildman–Crippen MR) is 144 cm³/mol. The molecule has 0 radical (unpaired) electrons. The van der Waals surface area contributed by atoms with Crippen LogP contribution in [0.5, 0.6) is 0 Å². The van der Waals surface area contributed by atoms with Crippen LogP contribution >= 0.6 is 23.8 Å². The van der Waals surface area contributed by atoms with Gasteiger partial charge in [0.15, 0.2) is 5.11 Å². The van der Waals surface area contributed by atoms with Gasteiger partial charge in [0, 0.05) is 29.8 Å². The number of amides is 1. The number of carbonyl (C=O) groups excluding carboxylic acids is 1. The average Bonchev–Trinajstić information content (AvgIpc) is 3.30. The molecule has 0 saturated carbocycles. The Hall–Kier alpha value is -3.09. The van der Waals surface area contributed by atoms with Crippen LogP contribution in [-0.2, 0) is 4.79 Å². The van der Waals surface area contributed by atoms with Gasteiger partial charge >= 0.3 is 0 Å². The van der Waals surface area contributed by atoms with Crippen LogP contribution in [0.1, 0.15) is 31.1 Å². The Bertz CT molecular complexity index is 1210. The molecule has 2 N–H and O–H groups in total. The highest BCUT2D eigenvalue weighted by molar-refractivity contribution is 7.80. The average molecular weight is 494 g/mol. The quantitative estimate of drug-likeness (QED) is 0.307. The predicted octanol–water partition coefficient (Wildman–Crippen LogP) is 6.67. The van der Waals surface area contributed by atoms with Gasteiger partial charge in [0.25, 0.3) is 0 Å². The Morgan fingerprint density at radius 3 is 2.68 bits per heavy atom. The molecule has 2 heterocycles. The second kappa shape index (κ2) is 10.9. The number of anilines is 2. The van der Waals surface area contributed by atoms with Crippen LogP contribution in [-0.4, -0.2) is 24.1 Å². The van der Waals surface area contributed by atoms with Crippen molar-refractivity contribution < 1.29 is 9.21 Å². The molecule has 1 aromatic heterocycles. The van der Waals surface area contributed by atoms with Crippen LogP contribution in [0.25, 0.3) is 17.4 Å². The third kappa shape index (κ3) is 6.07. The van der Waals surface area contributed by atoms with Crippen LogP contribution in [0.2, 0.25) is 5.02 Å². The first-order valence-electron chi connectivity index (χ1n) is 11.4. The largest absolute Gasteiger partial charge is 0.457 e. The van der Waals surface area contributed by atoms with E-state index >= 15 is 0 Å². The lowest BCUT2D eigenvalue weighted by Gasteiger charge is -2.33. The van der Waals surface area contributed by atoms with Crippen LogP contribution in [0.4, 0.5) is 11.4 Å². The zero-order chi connectivity index (χ0) is 24.1. The molecular formula is C27H28ClN3O2S.